The van der Waals surface area contributed by atoms with Crippen molar-refractivity contribution in [2.75, 3.05) is 0 Å². The maximum Gasteiger partial charge on any atom is 0.335 e. The molecule has 2 aromatic carbocycles. The van der Waals surface area contributed by atoms with Gasteiger partial charge in [-0.05, 0) is 28.8 Å². The average molecular weight is 264 g/mol. The number of aromatic carboxylic acids is 1. The molecule has 0 saturated carbocycles. The van der Waals surface area contributed by atoms with Gasteiger partial charge in [-0.25, -0.2) is 4.79 Å². The Kier molecular flexibility index (Phi) is 4.89. The summed E-state index contributed by atoms with van der Waals surface area (Å²) in [5, 5.41) is 8.96. The van der Waals surface area contributed by atoms with E-state index in [2.05, 4.69) is 0 Å². The van der Waals surface area contributed by atoms with Crippen LogP contribution in [0.4, 0.5) is 0 Å². The van der Waals surface area contributed by atoms with Crippen molar-refractivity contribution in [1.29, 1.82) is 0 Å². The van der Waals surface area contributed by atoms with Crippen LogP contribution in [0.25, 0.3) is 11.1 Å². The van der Waals surface area contributed by atoms with Gasteiger partial charge in [-0.1, -0.05) is 36.4 Å². The molecule has 2 rings (SSSR count). The van der Waals surface area contributed by atoms with Crippen molar-refractivity contribution in [2.45, 2.75) is 6.54 Å². The van der Waals surface area contributed by atoms with Crippen LogP contribution in [0.5, 0.6) is 0 Å². The molecule has 0 spiro atoms. The fourth-order valence-corrected chi connectivity index (χ4v) is 1.80. The number of nitrogens with two attached hydrogens (primary N) is 1. The molecule has 94 valence electrons. The highest BCUT2D eigenvalue weighted by atomic mass is 35.5. The summed E-state index contributed by atoms with van der Waals surface area (Å²) >= 11 is 0. The third-order valence-corrected chi connectivity index (χ3v) is 2.66. The lowest BCUT2D eigenvalue weighted by atomic mass is 9.98. The Bertz CT molecular complexity index is 555. The molecular weight excluding hydrogens is 250 g/mol. The number of carbonyl (C=O) groups is 1. The van der Waals surface area contributed by atoms with Gasteiger partial charge < -0.3 is 10.8 Å². The molecule has 3 N–H and O–H groups in total. The van der Waals surface area contributed by atoms with E-state index in [9.17, 15) is 4.79 Å². The number of hydrogen-bond donors (Lipinski definition) is 2. The molecule has 0 aliphatic rings. The van der Waals surface area contributed by atoms with Crippen molar-refractivity contribution in [3.05, 3.63) is 59.7 Å². The van der Waals surface area contributed by atoms with E-state index < -0.39 is 5.97 Å². The molecule has 4 heteroatoms. The van der Waals surface area contributed by atoms with E-state index >= 15 is 0 Å². The van der Waals surface area contributed by atoms with Crippen molar-refractivity contribution in [2.24, 2.45) is 5.73 Å². The van der Waals surface area contributed by atoms with Crippen molar-refractivity contribution >= 4 is 18.4 Å². The first-order valence-electron chi connectivity index (χ1n) is 5.34. The summed E-state index contributed by atoms with van der Waals surface area (Å²) in [5.41, 5.74) is 8.83. The molecule has 0 aliphatic carbocycles. The van der Waals surface area contributed by atoms with E-state index in [1.54, 1.807) is 18.2 Å². The Labute approximate surface area is 112 Å². The van der Waals surface area contributed by atoms with Crippen LogP contribution in [0.3, 0.4) is 0 Å². The first kappa shape index (κ1) is 14.2. The van der Waals surface area contributed by atoms with Crippen LogP contribution in [0.15, 0.2) is 48.5 Å². The van der Waals surface area contributed by atoms with Gasteiger partial charge in [-0.15, -0.1) is 12.4 Å². The molecule has 0 aromatic heterocycles. The monoisotopic (exact) mass is 263 g/mol. The largest absolute Gasteiger partial charge is 0.478 e. The molecule has 3 nitrogen and oxygen atoms in total. The van der Waals surface area contributed by atoms with Crippen LogP contribution < -0.4 is 5.73 Å². The second-order valence-electron chi connectivity index (χ2n) is 3.75. The van der Waals surface area contributed by atoms with Crippen molar-refractivity contribution in [3.8, 4) is 11.1 Å². The molecule has 2 aromatic rings. The summed E-state index contributed by atoms with van der Waals surface area (Å²) in [4.78, 5) is 10.9. The average Bonchev–Trinajstić information content (AvgIpc) is 2.39. The Morgan fingerprint density at radius 2 is 1.83 bits per heavy atom. The first-order chi connectivity index (χ1) is 8.22. The minimum Gasteiger partial charge on any atom is -0.478 e. The highest BCUT2D eigenvalue weighted by molar-refractivity contribution is 5.89. The van der Waals surface area contributed by atoms with Crippen molar-refractivity contribution in [1.82, 2.24) is 0 Å². The summed E-state index contributed by atoms with van der Waals surface area (Å²) in [7, 11) is 0. The molecule has 0 unspecified atom stereocenters. The molecule has 0 heterocycles. The summed E-state index contributed by atoms with van der Waals surface area (Å²) in [5.74, 6) is -0.919. The third-order valence-electron chi connectivity index (χ3n) is 2.66. The number of carboxylic acids is 1. The van der Waals surface area contributed by atoms with Crippen molar-refractivity contribution in [3.63, 3.8) is 0 Å². The summed E-state index contributed by atoms with van der Waals surface area (Å²) in [6.45, 7) is 0.438. The number of hydrogen-bond acceptors (Lipinski definition) is 2. The lowest BCUT2D eigenvalue weighted by Gasteiger charge is -2.08. The maximum atomic E-state index is 10.9. The van der Waals surface area contributed by atoms with E-state index in [1.165, 1.54) is 0 Å². The quantitative estimate of drug-likeness (QED) is 0.895. The second-order valence-corrected chi connectivity index (χ2v) is 3.75. The Morgan fingerprint density at radius 3 is 2.50 bits per heavy atom. The van der Waals surface area contributed by atoms with Gasteiger partial charge in [0.25, 0.3) is 0 Å². The predicted molar refractivity (Wildman–Crippen MR) is 74.0 cm³/mol. The lowest BCUT2D eigenvalue weighted by molar-refractivity contribution is 0.0697. The smallest absolute Gasteiger partial charge is 0.335 e. The van der Waals surface area contributed by atoms with Crippen LogP contribution >= 0.6 is 12.4 Å². The van der Waals surface area contributed by atoms with Gasteiger partial charge >= 0.3 is 5.97 Å². The fraction of sp³-hybridized carbons (Fsp3) is 0.0714. The SMILES string of the molecule is Cl.NCc1ccccc1-c1cccc(C(=O)O)c1. The van der Waals surface area contributed by atoms with E-state index in [1.807, 2.05) is 30.3 Å². The number of benzene rings is 2. The van der Waals surface area contributed by atoms with Crippen LogP contribution in [-0.4, -0.2) is 11.1 Å². The summed E-state index contributed by atoms with van der Waals surface area (Å²) < 4.78 is 0. The third kappa shape index (κ3) is 2.88. The molecule has 18 heavy (non-hydrogen) atoms. The van der Waals surface area contributed by atoms with Crippen LogP contribution in [0.1, 0.15) is 15.9 Å². The van der Waals surface area contributed by atoms with Gasteiger partial charge in [-0.2, -0.15) is 0 Å². The van der Waals surface area contributed by atoms with Crippen molar-refractivity contribution < 1.29 is 9.90 Å². The van der Waals surface area contributed by atoms with E-state index in [0.717, 1.165) is 16.7 Å². The molecule has 0 fully saturated rings. The minimum atomic E-state index is -0.919. The molecule has 0 saturated heterocycles. The van der Waals surface area contributed by atoms with E-state index in [0.29, 0.717) is 6.54 Å². The minimum absolute atomic E-state index is 0. The molecule has 0 bridgehead atoms. The molecule has 0 atom stereocenters. The fourth-order valence-electron chi connectivity index (χ4n) is 1.80. The van der Waals surface area contributed by atoms with Crippen LogP contribution in [0.2, 0.25) is 0 Å². The zero-order valence-electron chi connectivity index (χ0n) is 9.67. The van der Waals surface area contributed by atoms with Crippen LogP contribution in [0, 0.1) is 0 Å². The van der Waals surface area contributed by atoms with E-state index in [-0.39, 0.29) is 18.0 Å². The Balaban J connectivity index is 0.00000162. The number of carboxylic acid groups (broad SMARTS) is 1. The maximum absolute atomic E-state index is 10.9. The molecule has 0 aliphatic heterocycles. The van der Waals surface area contributed by atoms with Gasteiger partial charge in [0.1, 0.15) is 0 Å². The predicted octanol–water partition coefficient (Wildman–Crippen LogP) is 2.93. The normalized spacial score (nSPS) is 9.61. The summed E-state index contributed by atoms with van der Waals surface area (Å²) in [6.07, 6.45) is 0. The van der Waals surface area contributed by atoms with Gasteiger partial charge in [0, 0.05) is 6.54 Å². The van der Waals surface area contributed by atoms with Gasteiger partial charge in [0.2, 0.25) is 0 Å². The molecule has 0 radical (unpaired) electrons. The summed E-state index contributed by atoms with van der Waals surface area (Å²) in [6, 6.07) is 14.6. The zero-order chi connectivity index (χ0) is 12.3. The standard InChI is InChI=1S/C14H13NO2.ClH/c15-9-12-4-1-2-7-13(12)10-5-3-6-11(8-10)14(16)17;/h1-8H,9,15H2,(H,16,17);1H. The number of rotatable bonds is 3. The Morgan fingerprint density at radius 1 is 1.11 bits per heavy atom. The highest BCUT2D eigenvalue weighted by Crippen LogP contribution is 2.24. The molecular formula is C14H14ClNO2. The second kappa shape index (κ2) is 6.19. The van der Waals surface area contributed by atoms with Gasteiger partial charge in [0.15, 0.2) is 0 Å². The van der Waals surface area contributed by atoms with Gasteiger partial charge in [-0.3, -0.25) is 0 Å². The topological polar surface area (TPSA) is 63.3 Å². The molecule has 0 amide bonds. The Hall–Kier alpha value is -1.84. The number of halogens is 1. The first-order valence-corrected chi connectivity index (χ1v) is 5.34. The highest BCUT2D eigenvalue weighted by Gasteiger charge is 2.07. The lowest BCUT2D eigenvalue weighted by Crippen LogP contribution is -2.00. The zero-order valence-corrected chi connectivity index (χ0v) is 10.5. The van der Waals surface area contributed by atoms with Gasteiger partial charge in [0.05, 0.1) is 5.56 Å². The van der Waals surface area contributed by atoms with Crippen LogP contribution in [-0.2, 0) is 6.54 Å². The van der Waals surface area contributed by atoms with E-state index in [4.69, 9.17) is 10.8 Å².